The third-order valence-corrected chi connectivity index (χ3v) is 3.81. The van der Waals surface area contributed by atoms with Crippen LogP contribution in [0, 0.1) is 17.0 Å². The Kier molecular flexibility index (Phi) is 3.45. The van der Waals surface area contributed by atoms with Crippen LogP contribution in [0.25, 0.3) is 0 Å². The number of sulfone groups is 1. The highest BCUT2D eigenvalue weighted by Crippen LogP contribution is 2.29. The summed E-state index contributed by atoms with van der Waals surface area (Å²) in [6, 6.07) is 3.64. The van der Waals surface area contributed by atoms with Gasteiger partial charge in [0.1, 0.15) is 0 Å². The summed E-state index contributed by atoms with van der Waals surface area (Å²) in [6.45, 7) is 1.76. The van der Waals surface area contributed by atoms with Crippen molar-refractivity contribution in [1.82, 2.24) is 10.2 Å². The second-order valence-electron chi connectivity index (χ2n) is 4.24. The van der Waals surface area contributed by atoms with E-state index in [1.807, 2.05) is 0 Å². The molecule has 1 aromatic heterocycles. The van der Waals surface area contributed by atoms with Gasteiger partial charge in [-0.15, -0.1) is 0 Å². The second-order valence-corrected chi connectivity index (χ2v) is 6.23. The van der Waals surface area contributed by atoms with Crippen molar-refractivity contribution >= 4 is 26.9 Å². The molecule has 2 N–H and O–H groups in total. The summed E-state index contributed by atoms with van der Waals surface area (Å²) < 4.78 is 23.5. The molecule has 0 spiro atoms. The molecule has 1 heterocycles. The molecule has 0 aliphatic carbocycles. The lowest BCUT2D eigenvalue weighted by atomic mass is 10.2. The normalized spacial score (nSPS) is 11.3. The van der Waals surface area contributed by atoms with Crippen LogP contribution in [0.2, 0.25) is 0 Å². The van der Waals surface area contributed by atoms with E-state index in [2.05, 4.69) is 15.5 Å². The smallest absolute Gasteiger partial charge is 0.270 e. The highest BCUT2D eigenvalue weighted by atomic mass is 32.2. The number of nitrogens with one attached hydrogen (secondary N) is 2. The van der Waals surface area contributed by atoms with Crippen LogP contribution >= 0.6 is 0 Å². The Morgan fingerprint density at radius 1 is 1.35 bits per heavy atom. The van der Waals surface area contributed by atoms with Gasteiger partial charge in [-0.05, 0) is 13.0 Å². The number of hydrogen-bond donors (Lipinski definition) is 2. The molecule has 0 saturated heterocycles. The largest absolute Gasteiger partial charge is 0.352 e. The van der Waals surface area contributed by atoms with Gasteiger partial charge in [0.15, 0.2) is 9.84 Å². The summed E-state index contributed by atoms with van der Waals surface area (Å²) in [4.78, 5) is 9.97. The van der Waals surface area contributed by atoms with Gasteiger partial charge in [0.25, 0.3) is 5.69 Å². The van der Waals surface area contributed by atoms with Crippen LogP contribution in [0.5, 0.6) is 0 Å². The van der Waals surface area contributed by atoms with Crippen molar-refractivity contribution in [3.8, 4) is 0 Å². The van der Waals surface area contributed by atoms with E-state index in [-0.39, 0.29) is 16.3 Å². The maximum absolute atomic E-state index is 11.8. The number of non-ortho nitro benzene ring substituents is 1. The molecule has 2 rings (SSSR count). The average molecular weight is 296 g/mol. The lowest BCUT2D eigenvalue weighted by molar-refractivity contribution is -0.385. The number of anilines is 2. The first kappa shape index (κ1) is 14.0. The maximum Gasteiger partial charge on any atom is 0.270 e. The fourth-order valence-corrected chi connectivity index (χ4v) is 2.51. The van der Waals surface area contributed by atoms with Gasteiger partial charge < -0.3 is 5.32 Å². The van der Waals surface area contributed by atoms with Crippen LogP contribution in [-0.2, 0) is 9.84 Å². The van der Waals surface area contributed by atoms with Gasteiger partial charge in [0, 0.05) is 18.4 Å². The van der Waals surface area contributed by atoms with Gasteiger partial charge >= 0.3 is 0 Å². The molecule has 1 aromatic carbocycles. The van der Waals surface area contributed by atoms with Gasteiger partial charge in [-0.1, -0.05) is 0 Å². The molecule has 0 amide bonds. The number of hydrogen-bond acceptors (Lipinski definition) is 6. The zero-order valence-electron chi connectivity index (χ0n) is 10.7. The minimum Gasteiger partial charge on any atom is -0.352 e. The molecule has 0 fully saturated rings. The van der Waals surface area contributed by atoms with Crippen LogP contribution in [0.3, 0.4) is 0 Å². The number of H-pyrrole nitrogens is 1. The first-order valence-electron chi connectivity index (χ1n) is 5.54. The summed E-state index contributed by atoms with van der Waals surface area (Å²) in [6.07, 6.45) is 2.50. The van der Waals surface area contributed by atoms with E-state index in [0.717, 1.165) is 18.0 Å². The van der Waals surface area contributed by atoms with Crippen molar-refractivity contribution in [2.24, 2.45) is 0 Å². The molecule has 0 saturated carbocycles. The number of aryl methyl sites for hydroxylation is 1. The first-order valence-corrected chi connectivity index (χ1v) is 7.43. The van der Waals surface area contributed by atoms with Gasteiger partial charge in [0.2, 0.25) is 0 Å². The predicted molar refractivity (Wildman–Crippen MR) is 72.8 cm³/mol. The third-order valence-electron chi connectivity index (χ3n) is 2.67. The Balaban J connectivity index is 2.53. The number of nitro groups is 1. The Labute approximate surface area is 114 Å². The topological polar surface area (TPSA) is 118 Å². The first-order chi connectivity index (χ1) is 9.29. The summed E-state index contributed by atoms with van der Waals surface area (Å²) >= 11 is 0. The lowest BCUT2D eigenvalue weighted by Gasteiger charge is -2.10. The third kappa shape index (κ3) is 2.77. The molecule has 0 aliphatic heterocycles. The van der Waals surface area contributed by atoms with E-state index in [9.17, 15) is 18.5 Å². The number of aromatic nitrogens is 2. The number of benzene rings is 1. The van der Waals surface area contributed by atoms with Gasteiger partial charge in [-0.3, -0.25) is 15.2 Å². The zero-order chi connectivity index (χ0) is 14.9. The Morgan fingerprint density at radius 2 is 2.05 bits per heavy atom. The van der Waals surface area contributed by atoms with Crippen LogP contribution in [0.4, 0.5) is 17.1 Å². The molecule has 0 aliphatic rings. The van der Waals surface area contributed by atoms with E-state index in [1.54, 1.807) is 6.92 Å². The molecule has 0 radical (unpaired) electrons. The molecule has 0 bridgehead atoms. The fraction of sp³-hybridized carbons (Fsp3) is 0.182. The van der Waals surface area contributed by atoms with Crippen molar-refractivity contribution in [3.63, 3.8) is 0 Å². The Morgan fingerprint density at radius 3 is 2.55 bits per heavy atom. The van der Waals surface area contributed by atoms with Crippen LogP contribution in [0.1, 0.15) is 5.69 Å². The number of nitro benzene ring substituents is 1. The van der Waals surface area contributed by atoms with E-state index in [0.29, 0.717) is 5.69 Å². The van der Waals surface area contributed by atoms with E-state index in [4.69, 9.17) is 0 Å². The van der Waals surface area contributed by atoms with E-state index < -0.39 is 14.8 Å². The lowest BCUT2D eigenvalue weighted by Crippen LogP contribution is -2.04. The van der Waals surface area contributed by atoms with Crippen molar-refractivity contribution in [2.45, 2.75) is 11.8 Å². The quantitative estimate of drug-likeness (QED) is 0.655. The molecular formula is C11H12N4O4S. The summed E-state index contributed by atoms with van der Waals surface area (Å²) in [5.74, 6) is 0. The number of aromatic amines is 1. The Hall–Kier alpha value is -2.42. The molecule has 8 nitrogen and oxygen atoms in total. The average Bonchev–Trinajstić information content (AvgIpc) is 2.74. The van der Waals surface area contributed by atoms with Crippen LogP contribution < -0.4 is 5.32 Å². The predicted octanol–water partition coefficient (Wildman–Crippen LogP) is 1.77. The zero-order valence-corrected chi connectivity index (χ0v) is 11.6. The number of rotatable bonds is 4. The summed E-state index contributed by atoms with van der Waals surface area (Å²) in [5, 5.41) is 20.2. The van der Waals surface area contributed by atoms with E-state index in [1.165, 1.54) is 18.3 Å². The molecule has 9 heteroatoms. The number of nitrogens with zero attached hydrogens (tertiary/aromatic N) is 2. The molecule has 0 atom stereocenters. The standard InChI is InChI=1S/C11H12N4O4S/c1-7-10(6-12-14-7)13-9-4-3-8(15(16)17)5-11(9)20(2,18)19/h3-6,13H,1-2H3,(H,12,14). The highest BCUT2D eigenvalue weighted by molar-refractivity contribution is 7.90. The molecule has 20 heavy (non-hydrogen) atoms. The Bertz CT molecular complexity index is 766. The minimum atomic E-state index is -3.60. The van der Waals surface area contributed by atoms with Gasteiger partial charge in [0.05, 0.1) is 33.1 Å². The summed E-state index contributed by atoms with van der Waals surface area (Å²) in [5.41, 5.74) is 1.31. The molecule has 106 valence electrons. The van der Waals surface area contributed by atoms with Gasteiger partial charge in [-0.2, -0.15) is 5.10 Å². The van der Waals surface area contributed by atoms with Crippen molar-refractivity contribution < 1.29 is 13.3 Å². The minimum absolute atomic E-state index is 0.132. The second kappa shape index (κ2) is 4.93. The van der Waals surface area contributed by atoms with Crippen molar-refractivity contribution in [1.29, 1.82) is 0 Å². The molecular weight excluding hydrogens is 284 g/mol. The van der Waals surface area contributed by atoms with E-state index >= 15 is 0 Å². The summed E-state index contributed by atoms with van der Waals surface area (Å²) in [7, 11) is -3.60. The van der Waals surface area contributed by atoms with Gasteiger partial charge in [-0.25, -0.2) is 8.42 Å². The maximum atomic E-state index is 11.8. The monoisotopic (exact) mass is 296 g/mol. The SMILES string of the molecule is Cc1[nH]ncc1Nc1ccc([N+](=O)[O-])cc1S(C)(=O)=O. The van der Waals surface area contributed by atoms with Crippen molar-refractivity contribution in [2.75, 3.05) is 11.6 Å². The van der Waals surface area contributed by atoms with Crippen LogP contribution in [0.15, 0.2) is 29.3 Å². The molecule has 0 unspecified atom stereocenters. The molecule has 2 aromatic rings. The highest BCUT2D eigenvalue weighted by Gasteiger charge is 2.19. The van der Waals surface area contributed by atoms with Crippen LogP contribution in [-0.4, -0.2) is 29.8 Å². The fourth-order valence-electron chi connectivity index (χ4n) is 1.66. The van der Waals surface area contributed by atoms with Crippen molar-refractivity contribution in [3.05, 3.63) is 40.2 Å².